The van der Waals surface area contributed by atoms with E-state index in [1.54, 1.807) is 12.4 Å². The summed E-state index contributed by atoms with van der Waals surface area (Å²) in [7, 11) is 0. The molecule has 0 aromatic carbocycles. The summed E-state index contributed by atoms with van der Waals surface area (Å²) < 4.78 is 0. The molecular weight excluding hydrogens is 228 g/mol. The van der Waals surface area contributed by atoms with Crippen molar-refractivity contribution in [1.82, 2.24) is 15.3 Å². The average molecular weight is 248 g/mol. The number of aromatic nitrogens is 2. The van der Waals surface area contributed by atoms with E-state index in [9.17, 15) is 4.79 Å². The summed E-state index contributed by atoms with van der Waals surface area (Å²) in [5.74, 6) is 1.09. The van der Waals surface area contributed by atoms with E-state index in [1.165, 1.54) is 12.8 Å². The fraction of sp³-hybridized carbons (Fsp3) is 0.615. The highest BCUT2D eigenvalue weighted by molar-refractivity contribution is 5.93. The summed E-state index contributed by atoms with van der Waals surface area (Å²) in [5, 5.41) is 6.05. The molecule has 18 heavy (non-hydrogen) atoms. The van der Waals surface area contributed by atoms with Crippen LogP contribution in [0.2, 0.25) is 0 Å². The molecule has 0 unspecified atom stereocenters. The van der Waals surface area contributed by atoms with Crippen LogP contribution in [0.1, 0.15) is 43.5 Å². The van der Waals surface area contributed by atoms with Crippen LogP contribution in [0.5, 0.6) is 0 Å². The number of hydrogen-bond acceptors (Lipinski definition) is 4. The van der Waals surface area contributed by atoms with Gasteiger partial charge in [-0.05, 0) is 25.2 Å². The Hall–Kier alpha value is -1.65. The predicted octanol–water partition coefficient (Wildman–Crippen LogP) is 1.83. The zero-order valence-electron chi connectivity index (χ0n) is 10.9. The molecule has 0 aliphatic heterocycles. The highest BCUT2D eigenvalue weighted by Crippen LogP contribution is 2.22. The largest absolute Gasteiger partial charge is 0.352 e. The summed E-state index contributed by atoms with van der Waals surface area (Å²) in [6, 6.07) is 0.524. The maximum absolute atomic E-state index is 11.8. The quantitative estimate of drug-likeness (QED) is 0.806. The molecule has 1 fully saturated rings. The molecule has 0 spiro atoms. The molecule has 1 aliphatic carbocycles. The molecule has 1 aromatic heterocycles. The first kappa shape index (κ1) is 12.8. The summed E-state index contributed by atoms with van der Waals surface area (Å²) in [5.41, 5.74) is 0.514. The van der Waals surface area contributed by atoms with Crippen LogP contribution in [0.3, 0.4) is 0 Å². The van der Waals surface area contributed by atoms with Gasteiger partial charge < -0.3 is 10.6 Å². The lowest BCUT2D eigenvalue weighted by atomic mass is 10.1. The second-order valence-electron chi connectivity index (χ2n) is 5.15. The Morgan fingerprint density at radius 2 is 2.06 bits per heavy atom. The Kier molecular flexibility index (Phi) is 4.12. The number of nitrogens with zero attached hydrogens (tertiary/aromatic N) is 2. The normalized spacial score (nSPS) is 14.6. The minimum absolute atomic E-state index is 0.103. The lowest BCUT2D eigenvalue weighted by Gasteiger charge is -2.07. The Labute approximate surface area is 107 Å². The molecule has 98 valence electrons. The Bertz CT molecular complexity index is 398. The zero-order chi connectivity index (χ0) is 13.0. The van der Waals surface area contributed by atoms with Gasteiger partial charge in [0.15, 0.2) is 0 Å². The molecule has 0 saturated heterocycles. The van der Waals surface area contributed by atoms with Gasteiger partial charge in [0.05, 0.1) is 5.56 Å². The van der Waals surface area contributed by atoms with Crippen LogP contribution in [0.15, 0.2) is 12.4 Å². The van der Waals surface area contributed by atoms with E-state index in [1.807, 2.05) is 0 Å². The van der Waals surface area contributed by atoms with Crippen molar-refractivity contribution in [1.29, 1.82) is 0 Å². The van der Waals surface area contributed by atoms with Crippen molar-refractivity contribution in [2.45, 2.75) is 39.2 Å². The number of amides is 1. The van der Waals surface area contributed by atoms with Gasteiger partial charge in [0.1, 0.15) is 0 Å². The van der Waals surface area contributed by atoms with E-state index in [0.717, 1.165) is 6.42 Å². The molecule has 5 nitrogen and oxygen atoms in total. The summed E-state index contributed by atoms with van der Waals surface area (Å²) in [6.07, 6.45) is 6.49. The van der Waals surface area contributed by atoms with Crippen LogP contribution < -0.4 is 10.6 Å². The first-order valence-corrected chi connectivity index (χ1v) is 6.52. The van der Waals surface area contributed by atoms with Gasteiger partial charge in [-0.1, -0.05) is 13.8 Å². The Morgan fingerprint density at radius 1 is 1.39 bits per heavy atom. The molecule has 1 aliphatic rings. The smallest absolute Gasteiger partial charge is 0.254 e. The monoisotopic (exact) mass is 248 g/mol. The van der Waals surface area contributed by atoms with E-state index >= 15 is 0 Å². The Morgan fingerprint density at radius 3 is 2.61 bits per heavy atom. The predicted molar refractivity (Wildman–Crippen MR) is 70.5 cm³/mol. The molecule has 1 amide bonds. The van der Waals surface area contributed by atoms with Crippen LogP contribution in [0.4, 0.5) is 5.95 Å². The molecule has 0 bridgehead atoms. The third-order valence-corrected chi connectivity index (χ3v) is 2.83. The van der Waals surface area contributed by atoms with E-state index in [4.69, 9.17) is 0 Å². The third kappa shape index (κ3) is 3.98. The van der Waals surface area contributed by atoms with Gasteiger partial charge in [-0.25, -0.2) is 9.97 Å². The molecule has 2 N–H and O–H groups in total. The van der Waals surface area contributed by atoms with Gasteiger partial charge in [0.25, 0.3) is 5.91 Å². The first-order valence-electron chi connectivity index (χ1n) is 6.52. The summed E-state index contributed by atoms with van der Waals surface area (Å²) >= 11 is 0. The van der Waals surface area contributed by atoms with Gasteiger partial charge >= 0.3 is 0 Å². The Balaban J connectivity index is 1.81. The highest BCUT2D eigenvalue weighted by Gasteiger charge is 2.21. The summed E-state index contributed by atoms with van der Waals surface area (Å²) in [6.45, 7) is 4.96. The molecule has 1 saturated carbocycles. The van der Waals surface area contributed by atoms with Crippen LogP contribution in [0.25, 0.3) is 0 Å². The minimum atomic E-state index is -0.103. The van der Waals surface area contributed by atoms with Crippen molar-refractivity contribution in [2.75, 3.05) is 11.9 Å². The average Bonchev–Trinajstić information content (AvgIpc) is 3.13. The van der Waals surface area contributed by atoms with Crippen molar-refractivity contribution < 1.29 is 4.79 Å². The number of hydrogen-bond donors (Lipinski definition) is 2. The molecule has 0 atom stereocenters. The minimum Gasteiger partial charge on any atom is -0.352 e. The fourth-order valence-corrected chi connectivity index (χ4v) is 1.51. The van der Waals surface area contributed by atoms with Gasteiger partial charge in [-0.15, -0.1) is 0 Å². The second kappa shape index (κ2) is 5.80. The van der Waals surface area contributed by atoms with Crippen molar-refractivity contribution in [3.05, 3.63) is 18.0 Å². The SMILES string of the molecule is CC(C)CCNC(=O)c1cnc(NC2CC2)nc1. The fourth-order valence-electron chi connectivity index (χ4n) is 1.51. The molecule has 2 rings (SSSR count). The van der Waals surface area contributed by atoms with Gasteiger partial charge in [0.2, 0.25) is 5.95 Å². The second-order valence-corrected chi connectivity index (χ2v) is 5.15. The van der Waals surface area contributed by atoms with Gasteiger partial charge in [0, 0.05) is 25.0 Å². The standard InChI is InChI=1S/C13H20N4O/c1-9(2)5-6-14-12(18)10-7-15-13(16-8-10)17-11-3-4-11/h7-9,11H,3-6H2,1-2H3,(H,14,18)(H,15,16,17). The van der Waals surface area contributed by atoms with E-state index in [0.29, 0.717) is 30.0 Å². The summed E-state index contributed by atoms with van der Waals surface area (Å²) in [4.78, 5) is 20.0. The van der Waals surface area contributed by atoms with Crippen LogP contribution in [-0.4, -0.2) is 28.5 Å². The van der Waals surface area contributed by atoms with Crippen molar-refractivity contribution >= 4 is 11.9 Å². The zero-order valence-corrected chi connectivity index (χ0v) is 10.9. The van der Waals surface area contributed by atoms with E-state index in [-0.39, 0.29) is 5.91 Å². The van der Waals surface area contributed by atoms with Crippen LogP contribution >= 0.6 is 0 Å². The van der Waals surface area contributed by atoms with Crippen LogP contribution in [-0.2, 0) is 0 Å². The molecular formula is C13H20N4O. The first-order chi connectivity index (χ1) is 8.65. The topological polar surface area (TPSA) is 66.9 Å². The van der Waals surface area contributed by atoms with Gasteiger partial charge in [-0.3, -0.25) is 4.79 Å². The molecule has 1 aromatic rings. The number of carbonyl (C=O) groups is 1. The van der Waals surface area contributed by atoms with E-state index in [2.05, 4.69) is 34.4 Å². The van der Waals surface area contributed by atoms with Crippen molar-refractivity contribution in [3.63, 3.8) is 0 Å². The van der Waals surface area contributed by atoms with Crippen LogP contribution in [0, 0.1) is 5.92 Å². The molecule has 5 heteroatoms. The molecule has 0 radical (unpaired) electrons. The number of anilines is 1. The van der Waals surface area contributed by atoms with Gasteiger partial charge in [-0.2, -0.15) is 0 Å². The lowest BCUT2D eigenvalue weighted by Crippen LogP contribution is -2.25. The number of carbonyl (C=O) groups excluding carboxylic acids is 1. The third-order valence-electron chi connectivity index (χ3n) is 2.83. The molecule has 1 heterocycles. The number of rotatable bonds is 6. The van der Waals surface area contributed by atoms with Crippen molar-refractivity contribution in [3.8, 4) is 0 Å². The maximum atomic E-state index is 11.8. The number of nitrogens with one attached hydrogen (secondary N) is 2. The van der Waals surface area contributed by atoms with Crippen molar-refractivity contribution in [2.24, 2.45) is 5.92 Å². The lowest BCUT2D eigenvalue weighted by molar-refractivity contribution is 0.0951. The maximum Gasteiger partial charge on any atom is 0.254 e. The van der Waals surface area contributed by atoms with E-state index < -0.39 is 0 Å². The highest BCUT2D eigenvalue weighted by atomic mass is 16.1.